The second-order valence-electron chi connectivity index (χ2n) is 3.24. The summed E-state index contributed by atoms with van der Waals surface area (Å²) in [5.74, 6) is -1.43. The second-order valence-corrected chi connectivity index (χ2v) is 3.24. The van der Waals surface area contributed by atoms with Gasteiger partial charge in [0.15, 0.2) is 0 Å². The first kappa shape index (κ1) is 11.1. The molecule has 0 fully saturated rings. The van der Waals surface area contributed by atoms with Crippen LogP contribution in [-0.2, 0) is 0 Å². The molecule has 0 aliphatic carbocycles. The van der Waals surface area contributed by atoms with Crippen LogP contribution in [-0.4, -0.2) is 16.1 Å². The van der Waals surface area contributed by atoms with Crippen LogP contribution in [0.25, 0.3) is 0 Å². The average molecular weight is 233 g/mol. The van der Waals surface area contributed by atoms with Gasteiger partial charge in [-0.25, -0.2) is 9.18 Å². The number of nitrogens with zero attached hydrogens (tertiary/aromatic N) is 1. The zero-order valence-corrected chi connectivity index (χ0v) is 8.63. The third-order valence-electron chi connectivity index (χ3n) is 2.04. The zero-order chi connectivity index (χ0) is 12.3. The van der Waals surface area contributed by atoms with Crippen molar-refractivity contribution in [2.75, 3.05) is 0 Å². The molecule has 0 saturated carbocycles. The van der Waals surface area contributed by atoms with Crippen molar-refractivity contribution in [1.82, 2.24) is 4.98 Å². The number of hydrogen-bond donors (Lipinski definition) is 1. The third-order valence-corrected chi connectivity index (χ3v) is 2.04. The Kier molecular flexibility index (Phi) is 3.00. The minimum atomic E-state index is -1.33. The largest absolute Gasteiger partial charge is 0.478 e. The molecule has 1 N–H and O–H groups in total. The Morgan fingerprint density at radius 1 is 1.29 bits per heavy atom. The lowest BCUT2D eigenvalue weighted by molar-refractivity contribution is 0.0691. The maximum absolute atomic E-state index is 13.1. The number of benzene rings is 1. The van der Waals surface area contributed by atoms with E-state index in [1.807, 2.05) is 0 Å². The molecule has 2 rings (SSSR count). The van der Waals surface area contributed by atoms with Crippen LogP contribution < -0.4 is 4.74 Å². The number of pyridine rings is 1. The Labute approximate surface area is 96.3 Å². The van der Waals surface area contributed by atoms with E-state index in [2.05, 4.69) is 4.98 Å². The van der Waals surface area contributed by atoms with Gasteiger partial charge >= 0.3 is 5.97 Å². The highest BCUT2D eigenvalue weighted by Gasteiger charge is 2.11. The number of rotatable bonds is 3. The van der Waals surface area contributed by atoms with E-state index in [0.717, 1.165) is 12.1 Å². The Hall–Kier alpha value is -2.43. The summed E-state index contributed by atoms with van der Waals surface area (Å²) in [4.78, 5) is 14.6. The maximum atomic E-state index is 13.1. The van der Waals surface area contributed by atoms with E-state index in [0.29, 0.717) is 5.75 Å². The van der Waals surface area contributed by atoms with Gasteiger partial charge in [-0.15, -0.1) is 0 Å². The van der Waals surface area contributed by atoms with Gasteiger partial charge in [0.2, 0.25) is 0 Å². The first-order valence-corrected chi connectivity index (χ1v) is 4.77. The molecule has 0 bridgehead atoms. The summed E-state index contributed by atoms with van der Waals surface area (Å²) >= 11 is 0. The number of carboxylic acids is 1. The lowest BCUT2D eigenvalue weighted by atomic mass is 10.2. The summed E-state index contributed by atoms with van der Waals surface area (Å²) in [6.45, 7) is 0. The number of aromatic nitrogens is 1. The Bertz CT molecular complexity index is 543. The van der Waals surface area contributed by atoms with Crippen molar-refractivity contribution < 1.29 is 19.0 Å². The summed E-state index contributed by atoms with van der Waals surface area (Å²) in [6.07, 6.45) is 3.06. The van der Waals surface area contributed by atoms with E-state index < -0.39 is 17.3 Å². The smallest absolute Gasteiger partial charge is 0.338 e. The lowest BCUT2D eigenvalue weighted by Gasteiger charge is -2.06. The fraction of sp³-hybridized carbons (Fsp3) is 0. The molecule has 0 atom stereocenters. The number of halogens is 1. The molecule has 1 aromatic heterocycles. The van der Waals surface area contributed by atoms with Crippen molar-refractivity contribution in [2.24, 2.45) is 0 Å². The minimum absolute atomic E-state index is 0.247. The summed E-state index contributed by atoms with van der Waals surface area (Å²) in [5.41, 5.74) is -0.425. The third kappa shape index (κ3) is 2.57. The minimum Gasteiger partial charge on any atom is -0.478 e. The van der Waals surface area contributed by atoms with Crippen LogP contribution >= 0.6 is 0 Å². The van der Waals surface area contributed by atoms with Gasteiger partial charge < -0.3 is 9.84 Å². The topological polar surface area (TPSA) is 59.4 Å². The SMILES string of the molecule is O=C(O)c1cc(Oc2cccnc2)ccc1F. The standard InChI is InChI=1S/C12H8FNO3/c13-11-4-3-8(6-10(11)12(15)16)17-9-2-1-5-14-7-9/h1-7H,(H,15,16). The van der Waals surface area contributed by atoms with Crippen LogP contribution in [0.1, 0.15) is 10.4 Å². The molecule has 0 aliphatic heterocycles. The molecule has 5 heteroatoms. The molecule has 0 radical (unpaired) electrons. The molecule has 0 unspecified atom stereocenters. The molecule has 0 amide bonds. The first-order chi connectivity index (χ1) is 8.16. The Balaban J connectivity index is 2.29. The van der Waals surface area contributed by atoms with Crippen molar-refractivity contribution >= 4 is 5.97 Å². The molecule has 0 aliphatic rings. The number of ether oxygens (including phenoxy) is 1. The van der Waals surface area contributed by atoms with Crippen molar-refractivity contribution in [2.45, 2.75) is 0 Å². The Morgan fingerprint density at radius 2 is 2.12 bits per heavy atom. The average Bonchev–Trinajstić information content (AvgIpc) is 2.32. The monoisotopic (exact) mass is 233 g/mol. The van der Waals surface area contributed by atoms with E-state index in [1.54, 1.807) is 18.3 Å². The fourth-order valence-electron chi connectivity index (χ4n) is 1.28. The number of aromatic carboxylic acids is 1. The van der Waals surface area contributed by atoms with Gasteiger partial charge in [-0.2, -0.15) is 0 Å². The fourth-order valence-corrected chi connectivity index (χ4v) is 1.28. The van der Waals surface area contributed by atoms with Crippen molar-refractivity contribution in [1.29, 1.82) is 0 Å². The van der Waals surface area contributed by atoms with E-state index >= 15 is 0 Å². The molecular weight excluding hydrogens is 225 g/mol. The molecular formula is C12H8FNO3. The van der Waals surface area contributed by atoms with Crippen LogP contribution in [0.5, 0.6) is 11.5 Å². The summed E-state index contributed by atoms with van der Waals surface area (Å²) in [6, 6.07) is 6.88. The van der Waals surface area contributed by atoms with Crippen molar-refractivity contribution in [3.8, 4) is 11.5 Å². The zero-order valence-electron chi connectivity index (χ0n) is 8.63. The van der Waals surface area contributed by atoms with E-state index in [9.17, 15) is 9.18 Å². The number of carboxylic acid groups (broad SMARTS) is 1. The van der Waals surface area contributed by atoms with Gasteiger partial charge in [0, 0.05) is 6.20 Å². The molecule has 1 heterocycles. The number of carbonyl (C=O) groups is 1. The predicted octanol–water partition coefficient (Wildman–Crippen LogP) is 2.71. The van der Waals surface area contributed by atoms with Crippen LogP contribution in [0.2, 0.25) is 0 Å². The van der Waals surface area contributed by atoms with Crippen LogP contribution in [0.15, 0.2) is 42.7 Å². The van der Waals surface area contributed by atoms with Gasteiger partial charge in [-0.3, -0.25) is 4.98 Å². The summed E-state index contributed by atoms with van der Waals surface area (Å²) in [7, 11) is 0. The lowest BCUT2D eigenvalue weighted by Crippen LogP contribution is -2.00. The second kappa shape index (κ2) is 4.61. The van der Waals surface area contributed by atoms with E-state index in [4.69, 9.17) is 9.84 Å². The van der Waals surface area contributed by atoms with Crippen molar-refractivity contribution in [3.05, 3.63) is 54.1 Å². The summed E-state index contributed by atoms with van der Waals surface area (Å²) < 4.78 is 18.4. The molecule has 86 valence electrons. The molecule has 4 nitrogen and oxygen atoms in total. The van der Waals surface area contributed by atoms with Gasteiger partial charge in [0.1, 0.15) is 17.3 Å². The van der Waals surface area contributed by atoms with Gasteiger partial charge in [-0.05, 0) is 30.3 Å². The van der Waals surface area contributed by atoms with E-state index in [1.165, 1.54) is 12.3 Å². The normalized spacial score (nSPS) is 9.94. The number of hydrogen-bond acceptors (Lipinski definition) is 3. The Morgan fingerprint density at radius 3 is 2.76 bits per heavy atom. The summed E-state index contributed by atoms with van der Waals surface area (Å²) in [5, 5.41) is 8.75. The van der Waals surface area contributed by atoms with E-state index in [-0.39, 0.29) is 5.75 Å². The van der Waals surface area contributed by atoms with Gasteiger partial charge in [0.05, 0.1) is 11.8 Å². The van der Waals surface area contributed by atoms with Crippen LogP contribution in [0.4, 0.5) is 4.39 Å². The highest BCUT2D eigenvalue weighted by atomic mass is 19.1. The van der Waals surface area contributed by atoms with Gasteiger partial charge in [-0.1, -0.05) is 0 Å². The van der Waals surface area contributed by atoms with Crippen LogP contribution in [0, 0.1) is 5.82 Å². The maximum Gasteiger partial charge on any atom is 0.338 e. The first-order valence-electron chi connectivity index (χ1n) is 4.77. The molecule has 1 aromatic carbocycles. The molecule has 2 aromatic rings. The quantitative estimate of drug-likeness (QED) is 0.885. The highest BCUT2D eigenvalue weighted by molar-refractivity contribution is 5.88. The molecule has 0 saturated heterocycles. The molecule has 0 spiro atoms. The highest BCUT2D eigenvalue weighted by Crippen LogP contribution is 2.22. The van der Waals surface area contributed by atoms with Gasteiger partial charge in [0.25, 0.3) is 0 Å². The molecule has 17 heavy (non-hydrogen) atoms. The van der Waals surface area contributed by atoms with Crippen LogP contribution in [0.3, 0.4) is 0 Å². The van der Waals surface area contributed by atoms with Crippen molar-refractivity contribution in [3.63, 3.8) is 0 Å². The predicted molar refractivity (Wildman–Crippen MR) is 57.7 cm³/mol.